The Labute approximate surface area is 104 Å². The summed E-state index contributed by atoms with van der Waals surface area (Å²) in [6, 6.07) is 14.3. The molecule has 0 aliphatic carbocycles. The molecule has 2 nitrogen and oxygen atoms in total. The first kappa shape index (κ1) is 10.8. The van der Waals surface area contributed by atoms with Gasteiger partial charge in [-0.05, 0) is 48.9 Å². The Morgan fingerprint density at radius 2 is 1.94 bits per heavy atom. The Hall–Kier alpha value is -2.29. The van der Waals surface area contributed by atoms with Crippen molar-refractivity contribution in [3.8, 4) is 5.75 Å². The lowest BCUT2D eigenvalue weighted by atomic mass is 10.2. The van der Waals surface area contributed by atoms with Crippen LogP contribution in [0.2, 0.25) is 0 Å². The minimum absolute atomic E-state index is 0.240. The molecule has 0 fully saturated rings. The van der Waals surface area contributed by atoms with E-state index in [0.717, 1.165) is 22.2 Å². The summed E-state index contributed by atoms with van der Waals surface area (Å²) in [5.41, 5.74) is 1.98. The molecule has 3 aromatic rings. The highest BCUT2D eigenvalue weighted by atomic mass is 19.1. The van der Waals surface area contributed by atoms with Crippen molar-refractivity contribution in [2.45, 2.75) is 6.92 Å². The number of fused-ring (bicyclic) bond motifs is 1. The van der Waals surface area contributed by atoms with E-state index in [-0.39, 0.29) is 5.82 Å². The second kappa shape index (κ2) is 4.18. The molecular formula is C15H12FNO. The van der Waals surface area contributed by atoms with Gasteiger partial charge in [-0.3, -0.25) is 0 Å². The van der Waals surface area contributed by atoms with Crippen molar-refractivity contribution in [1.29, 1.82) is 0 Å². The Balaban J connectivity index is 2.00. The first-order valence-electron chi connectivity index (χ1n) is 5.74. The average molecular weight is 241 g/mol. The average Bonchev–Trinajstić information content (AvgIpc) is 2.72. The van der Waals surface area contributed by atoms with Gasteiger partial charge >= 0.3 is 0 Å². The second-order valence-electron chi connectivity index (χ2n) is 4.25. The molecule has 18 heavy (non-hydrogen) atoms. The van der Waals surface area contributed by atoms with Gasteiger partial charge in [-0.25, -0.2) is 4.39 Å². The third kappa shape index (κ3) is 1.95. The molecule has 0 N–H and O–H groups in total. The minimum atomic E-state index is -0.240. The SMILES string of the molecule is Cc1cccc(On2ccc3cc(F)ccc32)c1. The first-order chi connectivity index (χ1) is 8.72. The van der Waals surface area contributed by atoms with Crippen LogP contribution < -0.4 is 4.84 Å². The molecule has 0 saturated heterocycles. The topological polar surface area (TPSA) is 14.2 Å². The van der Waals surface area contributed by atoms with Crippen molar-refractivity contribution in [3.05, 3.63) is 66.1 Å². The standard InChI is InChI=1S/C15H12FNO/c1-11-3-2-4-14(9-11)18-17-8-7-12-10-13(16)5-6-15(12)17/h2-10H,1H3. The molecule has 0 aliphatic heterocycles. The van der Waals surface area contributed by atoms with Crippen LogP contribution in [0.5, 0.6) is 5.75 Å². The lowest BCUT2D eigenvalue weighted by Crippen LogP contribution is -2.02. The molecule has 0 unspecified atom stereocenters. The number of hydrogen-bond donors (Lipinski definition) is 0. The molecule has 0 atom stereocenters. The van der Waals surface area contributed by atoms with E-state index in [1.54, 1.807) is 17.0 Å². The smallest absolute Gasteiger partial charge is 0.156 e. The Bertz CT molecular complexity index is 703. The van der Waals surface area contributed by atoms with Gasteiger partial charge < -0.3 is 4.84 Å². The summed E-state index contributed by atoms with van der Waals surface area (Å²) < 4.78 is 14.7. The van der Waals surface area contributed by atoms with Gasteiger partial charge in [0.05, 0.1) is 5.52 Å². The van der Waals surface area contributed by atoms with Gasteiger partial charge in [0.15, 0.2) is 5.75 Å². The van der Waals surface area contributed by atoms with E-state index in [4.69, 9.17) is 4.84 Å². The van der Waals surface area contributed by atoms with Gasteiger partial charge in [-0.15, -0.1) is 0 Å². The van der Waals surface area contributed by atoms with E-state index in [1.807, 2.05) is 37.3 Å². The second-order valence-corrected chi connectivity index (χ2v) is 4.25. The zero-order valence-corrected chi connectivity index (χ0v) is 9.93. The van der Waals surface area contributed by atoms with E-state index < -0.39 is 0 Å². The van der Waals surface area contributed by atoms with Crippen molar-refractivity contribution in [3.63, 3.8) is 0 Å². The highest BCUT2D eigenvalue weighted by molar-refractivity contribution is 5.79. The summed E-state index contributed by atoms with van der Waals surface area (Å²) in [6.45, 7) is 2.01. The van der Waals surface area contributed by atoms with Crippen LogP contribution in [0.25, 0.3) is 10.9 Å². The van der Waals surface area contributed by atoms with Crippen molar-refractivity contribution >= 4 is 10.9 Å². The zero-order valence-electron chi connectivity index (χ0n) is 9.93. The van der Waals surface area contributed by atoms with Gasteiger partial charge in [0.1, 0.15) is 5.82 Å². The monoisotopic (exact) mass is 241 g/mol. The molecule has 0 bridgehead atoms. The molecule has 0 spiro atoms. The summed E-state index contributed by atoms with van der Waals surface area (Å²) in [5, 5.41) is 0.822. The summed E-state index contributed by atoms with van der Waals surface area (Å²) in [4.78, 5) is 5.75. The lowest BCUT2D eigenvalue weighted by Gasteiger charge is -2.08. The van der Waals surface area contributed by atoms with E-state index in [2.05, 4.69) is 0 Å². The van der Waals surface area contributed by atoms with Crippen molar-refractivity contribution < 1.29 is 9.23 Å². The van der Waals surface area contributed by atoms with Gasteiger partial charge in [-0.2, -0.15) is 4.73 Å². The number of halogens is 1. The van der Waals surface area contributed by atoms with Crippen LogP contribution >= 0.6 is 0 Å². The fourth-order valence-electron chi connectivity index (χ4n) is 1.95. The maximum atomic E-state index is 13.1. The minimum Gasteiger partial charge on any atom is -0.375 e. The van der Waals surface area contributed by atoms with Crippen LogP contribution in [0.15, 0.2) is 54.7 Å². The van der Waals surface area contributed by atoms with Gasteiger partial charge in [-0.1, -0.05) is 12.1 Å². The number of aromatic nitrogens is 1. The highest BCUT2D eigenvalue weighted by Crippen LogP contribution is 2.19. The van der Waals surface area contributed by atoms with E-state index in [0.29, 0.717) is 0 Å². The molecule has 0 radical (unpaired) electrons. The number of aryl methyl sites for hydroxylation is 1. The molecule has 3 rings (SSSR count). The quantitative estimate of drug-likeness (QED) is 0.663. The number of hydrogen-bond acceptors (Lipinski definition) is 1. The fourth-order valence-corrected chi connectivity index (χ4v) is 1.95. The van der Waals surface area contributed by atoms with Crippen LogP contribution in [0, 0.1) is 12.7 Å². The lowest BCUT2D eigenvalue weighted by molar-refractivity contribution is 0.229. The largest absolute Gasteiger partial charge is 0.375 e. The molecule has 3 heteroatoms. The maximum Gasteiger partial charge on any atom is 0.156 e. The summed E-state index contributed by atoms with van der Waals surface area (Å²) in [6.07, 6.45) is 1.78. The predicted octanol–water partition coefficient (Wildman–Crippen LogP) is 3.93. The highest BCUT2D eigenvalue weighted by Gasteiger charge is 2.04. The zero-order chi connectivity index (χ0) is 12.5. The van der Waals surface area contributed by atoms with Crippen LogP contribution in [0.4, 0.5) is 4.39 Å². The summed E-state index contributed by atoms with van der Waals surface area (Å²) in [7, 11) is 0. The molecule has 0 aliphatic rings. The Morgan fingerprint density at radius 1 is 1.06 bits per heavy atom. The third-order valence-corrected chi connectivity index (χ3v) is 2.81. The van der Waals surface area contributed by atoms with Crippen LogP contribution in [0.3, 0.4) is 0 Å². The van der Waals surface area contributed by atoms with Crippen molar-refractivity contribution in [2.24, 2.45) is 0 Å². The fraction of sp³-hybridized carbons (Fsp3) is 0.0667. The molecule has 2 aromatic carbocycles. The molecule has 1 heterocycles. The first-order valence-corrected chi connectivity index (χ1v) is 5.74. The molecule has 90 valence electrons. The predicted molar refractivity (Wildman–Crippen MR) is 69.1 cm³/mol. The van der Waals surface area contributed by atoms with Gasteiger partial charge in [0.2, 0.25) is 0 Å². The molecular weight excluding hydrogens is 229 g/mol. The maximum absolute atomic E-state index is 13.1. The van der Waals surface area contributed by atoms with E-state index >= 15 is 0 Å². The van der Waals surface area contributed by atoms with Crippen LogP contribution in [-0.2, 0) is 0 Å². The van der Waals surface area contributed by atoms with Gasteiger partial charge in [0.25, 0.3) is 0 Å². The van der Waals surface area contributed by atoms with Crippen LogP contribution in [-0.4, -0.2) is 4.73 Å². The van der Waals surface area contributed by atoms with Gasteiger partial charge in [0, 0.05) is 11.6 Å². The Morgan fingerprint density at radius 3 is 2.78 bits per heavy atom. The summed E-state index contributed by atoms with van der Waals surface area (Å²) >= 11 is 0. The van der Waals surface area contributed by atoms with Crippen molar-refractivity contribution in [2.75, 3.05) is 0 Å². The number of benzene rings is 2. The number of rotatable bonds is 2. The van der Waals surface area contributed by atoms with Crippen molar-refractivity contribution in [1.82, 2.24) is 4.73 Å². The normalized spacial score (nSPS) is 10.8. The molecule has 1 aromatic heterocycles. The third-order valence-electron chi connectivity index (χ3n) is 2.81. The molecule has 0 saturated carbocycles. The Kier molecular flexibility index (Phi) is 2.52. The van der Waals surface area contributed by atoms with Crippen LogP contribution in [0.1, 0.15) is 5.56 Å². The summed E-state index contributed by atoms with van der Waals surface area (Å²) in [5.74, 6) is 0.521. The molecule has 0 amide bonds. The van der Waals surface area contributed by atoms with E-state index in [9.17, 15) is 4.39 Å². The van der Waals surface area contributed by atoms with E-state index in [1.165, 1.54) is 12.1 Å². The number of nitrogens with zero attached hydrogens (tertiary/aromatic N) is 1.